The molecule has 5 heteroatoms. The quantitative estimate of drug-likeness (QED) is 0.787. The van der Waals surface area contributed by atoms with Gasteiger partial charge in [-0.25, -0.2) is 0 Å². The third kappa shape index (κ3) is 3.10. The number of carbonyl (C=O) groups excluding carboxylic acids is 1. The third-order valence-corrected chi connectivity index (χ3v) is 2.61. The Morgan fingerprint density at radius 3 is 2.67 bits per heavy atom. The van der Waals surface area contributed by atoms with Gasteiger partial charge in [0.2, 0.25) is 0 Å². The topological polar surface area (TPSA) is 72.9 Å². The monoisotopic (exact) mass is 244 g/mol. The molecule has 0 atom stereocenters. The van der Waals surface area contributed by atoms with Crippen molar-refractivity contribution in [1.82, 2.24) is 15.1 Å². The van der Waals surface area contributed by atoms with Crippen LogP contribution in [0.1, 0.15) is 16.1 Å². The maximum Gasteiger partial charge on any atom is 0.251 e. The van der Waals surface area contributed by atoms with Crippen LogP contribution in [0.25, 0.3) is 0 Å². The van der Waals surface area contributed by atoms with Crippen molar-refractivity contribution in [2.24, 2.45) is 7.05 Å². The predicted molar refractivity (Wildman–Crippen MR) is 70.1 cm³/mol. The van der Waals surface area contributed by atoms with Crippen molar-refractivity contribution in [1.29, 1.82) is 0 Å². The van der Waals surface area contributed by atoms with Crippen LogP contribution in [0, 0.1) is 0 Å². The van der Waals surface area contributed by atoms with Gasteiger partial charge in [0.1, 0.15) is 0 Å². The molecule has 0 aliphatic carbocycles. The molecule has 5 nitrogen and oxygen atoms in total. The molecule has 0 spiro atoms. The van der Waals surface area contributed by atoms with E-state index in [4.69, 9.17) is 5.73 Å². The van der Waals surface area contributed by atoms with Gasteiger partial charge in [0.15, 0.2) is 0 Å². The highest BCUT2D eigenvalue weighted by Gasteiger charge is 2.04. The number of amides is 1. The lowest BCUT2D eigenvalue weighted by molar-refractivity contribution is 0.0954. The van der Waals surface area contributed by atoms with E-state index in [-0.39, 0.29) is 5.91 Å². The molecule has 1 amide bonds. The molecule has 1 aromatic carbocycles. The first-order chi connectivity index (χ1) is 8.65. The molecule has 0 aliphatic rings. The highest BCUT2D eigenvalue weighted by atomic mass is 16.1. The number of hydrogen-bond donors (Lipinski definition) is 2. The molecule has 18 heavy (non-hydrogen) atoms. The van der Waals surface area contributed by atoms with Crippen LogP contribution in [-0.2, 0) is 13.5 Å². The van der Waals surface area contributed by atoms with Gasteiger partial charge in [0.25, 0.3) is 5.91 Å². The third-order valence-electron chi connectivity index (χ3n) is 2.61. The number of nitrogens with two attached hydrogens (primary N) is 1. The molecule has 94 valence electrons. The van der Waals surface area contributed by atoms with Crippen LogP contribution < -0.4 is 11.1 Å². The molecule has 0 radical (unpaired) electrons. The van der Waals surface area contributed by atoms with Gasteiger partial charge < -0.3 is 11.1 Å². The minimum atomic E-state index is -0.0917. The van der Waals surface area contributed by atoms with E-state index in [1.807, 2.05) is 19.3 Å². The van der Waals surface area contributed by atoms with E-state index in [2.05, 4.69) is 10.4 Å². The number of aryl methyl sites for hydroxylation is 1. The van der Waals surface area contributed by atoms with Gasteiger partial charge in [-0.05, 0) is 30.3 Å². The van der Waals surface area contributed by atoms with Crippen LogP contribution in [0.2, 0.25) is 0 Å². The average molecular weight is 244 g/mol. The summed E-state index contributed by atoms with van der Waals surface area (Å²) in [6.07, 6.45) is 2.61. The molecule has 2 rings (SSSR count). The van der Waals surface area contributed by atoms with Crippen molar-refractivity contribution in [2.45, 2.75) is 6.42 Å². The van der Waals surface area contributed by atoms with Crippen molar-refractivity contribution in [2.75, 3.05) is 12.3 Å². The predicted octanol–water partition coefficient (Wildman–Crippen LogP) is 0.975. The van der Waals surface area contributed by atoms with Crippen LogP contribution >= 0.6 is 0 Å². The fourth-order valence-corrected chi connectivity index (χ4v) is 1.64. The van der Waals surface area contributed by atoms with Crippen molar-refractivity contribution < 1.29 is 4.79 Å². The lowest BCUT2D eigenvalue weighted by Gasteiger charge is -2.04. The van der Waals surface area contributed by atoms with Gasteiger partial charge in [0.05, 0.1) is 5.69 Å². The summed E-state index contributed by atoms with van der Waals surface area (Å²) in [5.41, 5.74) is 7.80. The molecule has 0 unspecified atom stereocenters. The summed E-state index contributed by atoms with van der Waals surface area (Å²) in [6, 6.07) is 8.80. The maximum atomic E-state index is 11.8. The number of nitrogens with zero attached hydrogens (tertiary/aromatic N) is 2. The first-order valence-electron chi connectivity index (χ1n) is 5.77. The summed E-state index contributed by atoms with van der Waals surface area (Å²) < 4.78 is 1.75. The number of nitrogen functional groups attached to an aromatic ring is 1. The van der Waals surface area contributed by atoms with Gasteiger partial charge >= 0.3 is 0 Å². The molecule has 1 heterocycles. The standard InChI is InChI=1S/C13H16N4O/c1-17-9-7-12(16-17)6-8-15-13(18)10-2-4-11(14)5-3-10/h2-5,7,9H,6,8,14H2,1H3,(H,15,18). The summed E-state index contributed by atoms with van der Waals surface area (Å²) in [5.74, 6) is -0.0917. The fourth-order valence-electron chi connectivity index (χ4n) is 1.64. The number of nitrogens with one attached hydrogen (secondary N) is 1. The minimum Gasteiger partial charge on any atom is -0.399 e. The van der Waals surface area contributed by atoms with E-state index in [9.17, 15) is 4.79 Å². The van der Waals surface area contributed by atoms with Gasteiger partial charge in [-0.1, -0.05) is 0 Å². The molecule has 0 aliphatic heterocycles. The molecule has 0 bridgehead atoms. The van der Waals surface area contributed by atoms with Crippen LogP contribution in [0.4, 0.5) is 5.69 Å². The number of aromatic nitrogens is 2. The Morgan fingerprint density at radius 2 is 2.06 bits per heavy atom. The summed E-state index contributed by atoms with van der Waals surface area (Å²) in [7, 11) is 1.87. The highest BCUT2D eigenvalue weighted by molar-refractivity contribution is 5.94. The first-order valence-corrected chi connectivity index (χ1v) is 5.77. The van der Waals surface area contributed by atoms with E-state index < -0.39 is 0 Å². The second kappa shape index (κ2) is 5.35. The van der Waals surface area contributed by atoms with Crippen LogP contribution in [0.15, 0.2) is 36.5 Å². The fraction of sp³-hybridized carbons (Fsp3) is 0.231. The van der Waals surface area contributed by atoms with Crippen molar-refractivity contribution in [3.05, 3.63) is 47.8 Å². The zero-order valence-corrected chi connectivity index (χ0v) is 10.3. The average Bonchev–Trinajstić information content (AvgIpc) is 2.76. The Hall–Kier alpha value is -2.30. The SMILES string of the molecule is Cn1ccc(CCNC(=O)c2ccc(N)cc2)n1. The largest absolute Gasteiger partial charge is 0.399 e. The number of anilines is 1. The maximum absolute atomic E-state index is 11.8. The summed E-state index contributed by atoms with van der Waals surface area (Å²) >= 11 is 0. The number of hydrogen-bond acceptors (Lipinski definition) is 3. The van der Waals surface area contributed by atoms with E-state index >= 15 is 0 Å². The number of benzene rings is 1. The highest BCUT2D eigenvalue weighted by Crippen LogP contribution is 2.05. The van der Waals surface area contributed by atoms with E-state index in [0.29, 0.717) is 17.8 Å². The molecule has 0 fully saturated rings. The first kappa shape index (κ1) is 12.2. The molecular formula is C13H16N4O. The lowest BCUT2D eigenvalue weighted by atomic mass is 10.2. The normalized spacial score (nSPS) is 10.3. The molecule has 0 saturated heterocycles. The summed E-state index contributed by atoms with van der Waals surface area (Å²) in [5, 5.41) is 7.09. The summed E-state index contributed by atoms with van der Waals surface area (Å²) in [4.78, 5) is 11.8. The number of carbonyl (C=O) groups is 1. The van der Waals surface area contributed by atoms with Crippen LogP contribution in [0.3, 0.4) is 0 Å². The van der Waals surface area contributed by atoms with Gasteiger partial charge in [-0.3, -0.25) is 9.48 Å². The molecule has 1 aromatic heterocycles. The molecule has 2 aromatic rings. The number of rotatable bonds is 4. The zero-order valence-electron chi connectivity index (χ0n) is 10.3. The minimum absolute atomic E-state index is 0.0917. The Bertz CT molecular complexity index is 530. The van der Waals surface area contributed by atoms with E-state index in [1.54, 1.807) is 28.9 Å². The van der Waals surface area contributed by atoms with Gasteiger partial charge in [-0.15, -0.1) is 0 Å². The molecule has 0 saturated carbocycles. The second-order valence-corrected chi connectivity index (χ2v) is 4.11. The van der Waals surface area contributed by atoms with Gasteiger partial charge in [0, 0.05) is 37.5 Å². The molecule has 3 N–H and O–H groups in total. The Labute approximate surface area is 106 Å². The second-order valence-electron chi connectivity index (χ2n) is 4.11. The Balaban J connectivity index is 1.83. The lowest BCUT2D eigenvalue weighted by Crippen LogP contribution is -2.25. The Morgan fingerprint density at radius 1 is 1.33 bits per heavy atom. The van der Waals surface area contributed by atoms with Crippen molar-refractivity contribution >= 4 is 11.6 Å². The van der Waals surface area contributed by atoms with Crippen molar-refractivity contribution in [3.8, 4) is 0 Å². The summed E-state index contributed by atoms with van der Waals surface area (Å²) in [6.45, 7) is 0.570. The smallest absolute Gasteiger partial charge is 0.251 e. The Kier molecular flexibility index (Phi) is 3.62. The molecular weight excluding hydrogens is 228 g/mol. The van der Waals surface area contributed by atoms with E-state index in [0.717, 1.165) is 12.1 Å². The van der Waals surface area contributed by atoms with Crippen LogP contribution in [-0.4, -0.2) is 22.2 Å². The zero-order chi connectivity index (χ0) is 13.0. The van der Waals surface area contributed by atoms with E-state index in [1.165, 1.54) is 0 Å². The van der Waals surface area contributed by atoms with Gasteiger partial charge in [-0.2, -0.15) is 5.10 Å². The van der Waals surface area contributed by atoms with Crippen LogP contribution in [0.5, 0.6) is 0 Å². The van der Waals surface area contributed by atoms with Crippen molar-refractivity contribution in [3.63, 3.8) is 0 Å².